The molecule has 0 bridgehead atoms. The van der Waals surface area contributed by atoms with Gasteiger partial charge in [-0.05, 0) is 36.4 Å². The fraction of sp³-hybridized carbons (Fsp3) is 0.0500. The van der Waals surface area contributed by atoms with Gasteiger partial charge in [-0.2, -0.15) is 4.39 Å². The van der Waals surface area contributed by atoms with Crippen LogP contribution in [0.3, 0.4) is 0 Å². The van der Waals surface area contributed by atoms with Crippen LogP contribution < -0.4 is 15.0 Å². The smallest absolute Gasteiger partial charge is 0.293 e. The summed E-state index contributed by atoms with van der Waals surface area (Å²) in [6.07, 6.45) is 3.60. The minimum atomic E-state index is -4.14. The predicted molar refractivity (Wildman–Crippen MR) is 108 cm³/mol. The molecule has 1 N–H and O–H groups in total. The number of halogens is 2. The van der Waals surface area contributed by atoms with Gasteiger partial charge in [0, 0.05) is 23.5 Å². The van der Waals surface area contributed by atoms with Crippen LogP contribution in [0.2, 0.25) is 0 Å². The summed E-state index contributed by atoms with van der Waals surface area (Å²) in [7, 11) is -2.83. The largest absolute Gasteiger partial charge is 0.480 e. The summed E-state index contributed by atoms with van der Waals surface area (Å²) in [5.74, 6) is -1.73. The van der Waals surface area contributed by atoms with Crippen LogP contribution in [-0.4, -0.2) is 29.9 Å². The van der Waals surface area contributed by atoms with Crippen molar-refractivity contribution in [1.82, 2.24) is 14.4 Å². The number of ether oxygens (including phenoxy) is 1. The first-order chi connectivity index (χ1) is 14.8. The summed E-state index contributed by atoms with van der Waals surface area (Å²) in [6, 6.07) is 9.08. The molecule has 8 nitrogen and oxygen atoms in total. The van der Waals surface area contributed by atoms with Crippen LogP contribution in [-0.2, 0) is 10.0 Å². The van der Waals surface area contributed by atoms with Crippen LogP contribution >= 0.6 is 0 Å². The van der Waals surface area contributed by atoms with Gasteiger partial charge < -0.3 is 4.74 Å². The van der Waals surface area contributed by atoms with Crippen LogP contribution in [0.25, 0.3) is 16.8 Å². The number of nitrogens with zero attached hydrogens (tertiary/aromatic N) is 3. The summed E-state index contributed by atoms with van der Waals surface area (Å²) in [4.78, 5) is 19.7. The average Bonchev–Trinajstić information content (AvgIpc) is 2.76. The third-order valence-electron chi connectivity index (χ3n) is 4.39. The van der Waals surface area contributed by atoms with Gasteiger partial charge in [-0.25, -0.2) is 22.8 Å². The topological polar surface area (TPSA) is 103 Å². The third-order valence-corrected chi connectivity index (χ3v) is 5.75. The molecule has 3 aromatic heterocycles. The molecule has 0 radical (unpaired) electrons. The molecular weight excluding hydrogens is 430 g/mol. The van der Waals surface area contributed by atoms with Gasteiger partial charge in [-0.15, -0.1) is 0 Å². The number of rotatable bonds is 5. The summed E-state index contributed by atoms with van der Waals surface area (Å²) in [5, 5.41) is 0. The summed E-state index contributed by atoms with van der Waals surface area (Å²) >= 11 is 0. The molecule has 31 heavy (non-hydrogen) atoms. The van der Waals surface area contributed by atoms with Gasteiger partial charge in [0.15, 0.2) is 0 Å². The zero-order valence-corrected chi connectivity index (χ0v) is 16.7. The van der Waals surface area contributed by atoms with E-state index in [1.54, 1.807) is 6.07 Å². The Balaban J connectivity index is 1.79. The monoisotopic (exact) mass is 444 g/mol. The van der Waals surface area contributed by atoms with Crippen molar-refractivity contribution in [3.05, 3.63) is 83.0 Å². The van der Waals surface area contributed by atoms with Crippen LogP contribution in [0.4, 0.5) is 14.5 Å². The molecule has 0 fully saturated rings. The standard InChI is InChI=1S/C20H14F2N4O4S/c1-30-19-17(25-31(28,29)15-4-2-3-14(21)8-15)7-13(9-24-19)12-5-6-18-23-10-16(22)20(27)26(18)11-12/h2-11,25H,1H3. The van der Waals surface area contributed by atoms with Crippen molar-refractivity contribution in [1.29, 1.82) is 0 Å². The number of anilines is 1. The molecule has 0 aliphatic carbocycles. The van der Waals surface area contributed by atoms with E-state index < -0.39 is 27.2 Å². The third kappa shape index (κ3) is 3.94. The maximum atomic E-state index is 13.6. The van der Waals surface area contributed by atoms with Crippen molar-refractivity contribution in [2.75, 3.05) is 11.8 Å². The molecule has 4 rings (SSSR count). The van der Waals surface area contributed by atoms with E-state index in [0.717, 1.165) is 22.7 Å². The number of benzene rings is 1. The second kappa shape index (κ2) is 7.76. The molecule has 0 amide bonds. The maximum Gasteiger partial charge on any atom is 0.293 e. The molecule has 0 atom stereocenters. The number of hydrogen-bond donors (Lipinski definition) is 1. The zero-order chi connectivity index (χ0) is 22.2. The first-order valence-electron chi connectivity index (χ1n) is 8.78. The van der Waals surface area contributed by atoms with Crippen molar-refractivity contribution in [3.8, 4) is 17.0 Å². The molecule has 0 saturated carbocycles. The van der Waals surface area contributed by atoms with Gasteiger partial charge in [0.1, 0.15) is 17.2 Å². The molecule has 0 unspecified atom stereocenters. The van der Waals surface area contributed by atoms with E-state index in [2.05, 4.69) is 14.7 Å². The van der Waals surface area contributed by atoms with Gasteiger partial charge >= 0.3 is 0 Å². The zero-order valence-electron chi connectivity index (χ0n) is 15.9. The lowest BCUT2D eigenvalue weighted by molar-refractivity contribution is 0.400. The Morgan fingerprint density at radius 3 is 2.58 bits per heavy atom. The Labute approximate surface area is 174 Å². The number of fused-ring (bicyclic) bond motifs is 1. The number of pyridine rings is 2. The summed E-state index contributed by atoms with van der Waals surface area (Å²) in [6.45, 7) is 0. The van der Waals surface area contributed by atoms with Gasteiger partial charge in [-0.3, -0.25) is 13.9 Å². The number of methoxy groups -OCH3 is 1. The molecule has 0 saturated heterocycles. The molecule has 158 valence electrons. The SMILES string of the molecule is COc1ncc(-c2ccc3ncc(F)c(=O)n3c2)cc1NS(=O)(=O)c1cccc(F)c1. The summed E-state index contributed by atoms with van der Waals surface area (Å²) < 4.78 is 60.9. The van der Waals surface area contributed by atoms with E-state index in [9.17, 15) is 22.0 Å². The fourth-order valence-corrected chi connectivity index (χ4v) is 3.99. The minimum Gasteiger partial charge on any atom is -0.480 e. The average molecular weight is 444 g/mol. The molecule has 11 heteroatoms. The Hall–Kier alpha value is -3.86. The second-order valence-electron chi connectivity index (χ2n) is 6.40. The molecule has 0 aliphatic heterocycles. The summed E-state index contributed by atoms with van der Waals surface area (Å²) in [5.41, 5.74) is 0.220. The van der Waals surface area contributed by atoms with Gasteiger partial charge in [0.2, 0.25) is 11.7 Å². The van der Waals surface area contributed by atoms with E-state index in [1.165, 1.54) is 43.8 Å². The van der Waals surface area contributed by atoms with Crippen LogP contribution in [0.15, 0.2) is 70.7 Å². The number of nitrogens with one attached hydrogen (secondary N) is 1. The van der Waals surface area contributed by atoms with Crippen molar-refractivity contribution < 1.29 is 21.9 Å². The highest BCUT2D eigenvalue weighted by Crippen LogP contribution is 2.30. The highest BCUT2D eigenvalue weighted by Gasteiger charge is 2.19. The number of sulfonamides is 1. The van der Waals surface area contributed by atoms with Crippen molar-refractivity contribution in [2.24, 2.45) is 0 Å². The Morgan fingerprint density at radius 1 is 1.03 bits per heavy atom. The number of aromatic nitrogens is 3. The van der Waals surface area contributed by atoms with E-state index in [1.807, 2.05) is 0 Å². The quantitative estimate of drug-likeness (QED) is 0.508. The molecule has 4 aromatic rings. The molecular formula is C20H14F2N4O4S. The predicted octanol–water partition coefficient (Wildman–Crippen LogP) is 2.84. The van der Waals surface area contributed by atoms with Crippen molar-refractivity contribution >= 4 is 21.4 Å². The van der Waals surface area contributed by atoms with Gasteiger partial charge in [-0.1, -0.05) is 6.07 Å². The van der Waals surface area contributed by atoms with Crippen LogP contribution in [0, 0.1) is 11.6 Å². The number of hydrogen-bond acceptors (Lipinski definition) is 6. The Bertz CT molecular complexity index is 1470. The van der Waals surface area contributed by atoms with E-state index in [0.29, 0.717) is 11.1 Å². The molecule has 0 spiro atoms. The highest BCUT2D eigenvalue weighted by molar-refractivity contribution is 7.92. The van der Waals surface area contributed by atoms with Gasteiger partial charge in [0.05, 0.1) is 18.2 Å². The second-order valence-corrected chi connectivity index (χ2v) is 8.08. The van der Waals surface area contributed by atoms with E-state index in [-0.39, 0.29) is 22.1 Å². The first-order valence-corrected chi connectivity index (χ1v) is 10.3. The lowest BCUT2D eigenvalue weighted by Crippen LogP contribution is -2.18. The molecule has 1 aromatic carbocycles. The van der Waals surface area contributed by atoms with Crippen molar-refractivity contribution in [3.63, 3.8) is 0 Å². The Morgan fingerprint density at radius 2 is 1.84 bits per heavy atom. The normalized spacial score (nSPS) is 11.5. The lowest BCUT2D eigenvalue weighted by Gasteiger charge is -2.13. The van der Waals surface area contributed by atoms with Gasteiger partial charge in [0.25, 0.3) is 15.6 Å². The maximum absolute atomic E-state index is 13.6. The lowest BCUT2D eigenvalue weighted by atomic mass is 10.1. The van der Waals surface area contributed by atoms with Crippen molar-refractivity contribution in [2.45, 2.75) is 4.90 Å². The minimum absolute atomic E-state index is 0.00549. The van der Waals surface area contributed by atoms with Crippen LogP contribution in [0.1, 0.15) is 0 Å². The van der Waals surface area contributed by atoms with E-state index in [4.69, 9.17) is 4.74 Å². The van der Waals surface area contributed by atoms with Crippen LogP contribution in [0.5, 0.6) is 5.88 Å². The fourth-order valence-electron chi connectivity index (χ4n) is 2.91. The highest BCUT2D eigenvalue weighted by atomic mass is 32.2. The van der Waals surface area contributed by atoms with E-state index >= 15 is 0 Å². The first kappa shape index (κ1) is 20.4. The molecule has 3 heterocycles. The molecule has 0 aliphatic rings. The Kier molecular flexibility index (Phi) is 5.11.